The van der Waals surface area contributed by atoms with Crippen molar-refractivity contribution in [3.8, 4) is 5.75 Å². The Balaban J connectivity index is 1.31. The molecular weight excluding hydrogens is 364 g/mol. The molecule has 2 heterocycles. The number of hydrogen-bond acceptors (Lipinski definition) is 4. The van der Waals surface area contributed by atoms with Gasteiger partial charge in [-0.3, -0.25) is 4.79 Å². The summed E-state index contributed by atoms with van der Waals surface area (Å²) in [5, 5.41) is 5.52. The number of amides is 1. The van der Waals surface area contributed by atoms with Crippen LogP contribution in [0.5, 0.6) is 5.75 Å². The molecule has 0 unspecified atom stereocenters. The first kappa shape index (κ1) is 19.5. The molecule has 0 bridgehead atoms. The Morgan fingerprint density at radius 1 is 1.10 bits per heavy atom. The van der Waals surface area contributed by atoms with Crippen LogP contribution in [0.15, 0.2) is 59.0 Å². The van der Waals surface area contributed by atoms with E-state index in [2.05, 4.69) is 17.4 Å². The Kier molecular flexibility index (Phi) is 6.15. The molecule has 0 saturated carbocycles. The number of ether oxygens (including phenoxy) is 1. The number of nitrogens with zero attached hydrogens (tertiary/aromatic N) is 1. The highest BCUT2D eigenvalue weighted by molar-refractivity contribution is 5.91. The monoisotopic (exact) mass is 392 g/mol. The maximum Gasteiger partial charge on any atom is 0.289 e. The van der Waals surface area contributed by atoms with Crippen molar-refractivity contribution in [3.63, 3.8) is 0 Å². The maximum absolute atomic E-state index is 12.7. The molecule has 1 saturated heterocycles. The summed E-state index contributed by atoms with van der Waals surface area (Å²) in [4.78, 5) is 14.6. The Labute approximate surface area is 171 Å². The lowest BCUT2D eigenvalue weighted by Gasteiger charge is -2.31. The molecule has 152 valence electrons. The number of benzene rings is 2. The predicted octanol–water partition coefficient (Wildman–Crippen LogP) is 4.47. The van der Waals surface area contributed by atoms with Crippen LogP contribution >= 0.6 is 0 Å². The SMILES string of the molecule is CNCCC1CCN(C(=O)c2ccc(COc3ccc4ccccc4c3)o2)CC1. The van der Waals surface area contributed by atoms with Gasteiger partial charge in [0, 0.05) is 13.1 Å². The molecule has 0 aliphatic carbocycles. The molecule has 4 rings (SSSR count). The molecule has 5 nitrogen and oxygen atoms in total. The normalized spacial score (nSPS) is 15.0. The third-order valence-corrected chi connectivity index (χ3v) is 5.68. The van der Waals surface area contributed by atoms with E-state index in [-0.39, 0.29) is 5.91 Å². The van der Waals surface area contributed by atoms with Gasteiger partial charge in [0.2, 0.25) is 0 Å². The number of likely N-dealkylation sites (tertiary alicyclic amines) is 1. The minimum Gasteiger partial charge on any atom is -0.486 e. The fourth-order valence-corrected chi connectivity index (χ4v) is 3.91. The van der Waals surface area contributed by atoms with E-state index in [1.807, 2.05) is 48.3 Å². The molecule has 3 aromatic rings. The summed E-state index contributed by atoms with van der Waals surface area (Å²) < 4.78 is 11.6. The first-order chi connectivity index (χ1) is 14.2. The summed E-state index contributed by atoms with van der Waals surface area (Å²) in [6, 6.07) is 17.8. The molecule has 1 N–H and O–H groups in total. The minimum atomic E-state index is -0.0194. The first-order valence-electron chi connectivity index (χ1n) is 10.4. The van der Waals surface area contributed by atoms with Crippen LogP contribution in [0.2, 0.25) is 0 Å². The lowest BCUT2D eigenvalue weighted by Crippen LogP contribution is -2.38. The number of nitrogens with one attached hydrogen (secondary N) is 1. The highest BCUT2D eigenvalue weighted by atomic mass is 16.5. The van der Waals surface area contributed by atoms with E-state index >= 15 is 0 Å². The van der Waals surface area contributed by atoms with Gasteiger partial charge in [0.15, 0.2) is 5.76 Å². The Morgan fingerprint density at radius 2 is 1.90 bits per heavy atom. The topological polar surface area (TPSA) is 54.7 Å². The summed E-state index contributed by atoms with van der Waals surface area (Å²) >= 11 is 0. The smallest absolute Gasteiger partial charge is 0.289 e. The number of rotatable bonds is 7. The van der Waals surface area contributed by atoms with Crippen molar-refractivity contribution < 1.29 is 13.9 Å². The lowest BCUT2D eigenvalue weighted by atomic mass is 9.93. The molecule has 5 heteroatoms. The van der Waals surface area contributed by atoms with Gasteiger partial charge in [0.1, 0.15) is 18.1 Å². The third kappa shape index (κ3) is 4.80. The quantitative estimate of drug-likeness (QED) is 0.644. The van der Waals surface area contributed by atoms with Gasteiger partial charge in [-0.15, -0.1) is 0 Å². The lowest BCUT2D eigenvalue weighted by molar-refractivity contribution is 0.0651. The van der Waals surface area contributed by atoms with E-state index < -0.39 is 0 Å². The number of hydrogen-bond donors (Lipinski definition) is 1. The van der Waals surface area contributed by atoms with Crippen LogP contribution < -0.4 is 10.1 Å². The molecule has 0 spiro atoms. The van der Waals surface area contributed by atoms with Crippen molar-refractivity contribution in [2.45, 2.75) is 25.9 Å². The van der Waals surface area contributed by atoms with Crippen LogP contribution in [0, 0.1) is 5.92 Å². The summed E-state index contributed by atoms with van der Waals surface area (Å²) in [6.45, 7) is 2.95. The average Bonchev–Trinajstić information content (AvgIpc) is 3.25. The number of furan rings is 1. The molecule has 1 aromatic heterocycles. The third-order valence-electron chi connectivity index (χ3n) is 5.68. The maximum atomic E-state index is 12.7. The minimum absolute atomic E-state index is 0.0194. The molecule has 1 aliphatic rings. The van der Waals surface area contributed by atoms with E-state index in [1.54, 1.807) is 6.07 Å². The van der Waals surface area contributed by atoms with Crippen molar-refractivity contribution in [2.24, 2.45) is 5.92 Å². The van der Waals surface area contributed by atoms with Crippen molar-refractivity contribution in [1.82, 2.24) is 10.2 Å². The van der Waals surface area contributed by atoms with Crippen LogP contribution in [0.4, 0.5) is 0 Å². The second kappa shape index (κ2) is 9.14. The van der Waals surface area contributed by atoms with Gasteiger partial charge in [0.05, 0.1) is 0 Å². The zero-order chi connectivity index (χ0) is 20.1. The Hall–Kier alpha value is -2.79. The Bertz CT molecular complexity index is 957. The van der Waals surface area contributed by atoms with Crippen molar-refractivity contribution in [3.05, 3.63) is 66.1 Å². The fourth-order valence-electron chi connectivity index (χ4n) is 3.91. The highest BCUT2D eigenvalue weighted by Crippen LogP contribution is 2.24. The van der Waals surface area contributed by atoms with Gasteiger partial charge in [-0.25, -0.2) is 0 Å². The van der Waals surface area contributed by atoms with Gasteiger partial charge in [-0.1, -0.05) is 30.3 Å². The van der Waals surface area contributed by atoms with Gasteiger partial charge >= 0.3 is 0 Å². The summed E-state index contributed by atoms with van der Waals surface area (Å²) in [5.74, 6) is 2.53. The van der Waals surface area contributed by atoms with Crippen molar-refractivity contribution >= 4 is 16.7 Å². The van der Waals surface area contributed by atoms with E-state index in [9.17, 15) is 4.79 Å². The number of fused-ring (bicyclic) bond motifs is 1. The fraction of sp³-hybridized carbons (Fsp3) is 0.375. The van der Waals surface area contributed by atoms with E-state index in [0.29, 0.717) is 24.0 Å². The second-order valence-corrected chi connectivity index (χ2v) is 7.69. The Morgan fingerprint density at radius 3 is 2.69 bits per heavy atom. The molecule has 0 radical (unpaired) electrons. The summed E-state index contributed by atoms with van der Waals surface area (Å²) in [6.07, 6.45) is 3.30. The predicted molar refractivity (Wildman–Crippen MR) is 114 cm³/mol. The molecule has 1 amide bonds. The molecular formula is C24H28N2O3. The van der Waals surface area contributed by atoms with Crippen LogP contribution in [0.3, 0.4) is 0 Å². The van der Waals surface area contributed by atoms with Gasteiger partial charge in [-0.05, 0) is 73.8 Å². The van der Waals surface area contributed by atoms with Gasteiger partial charge < -0.3 is 19.4 Å². The van der Waals surface area contributed by atoms with Crippen LogP contribution in [-0.2, 0) is 6.61 Å². The van der Waals surface area contributed by atoms with Crippen LogP contribution in [-0.4, -0.2) is 37.5 Å². The van der Waals surface area contributed by atoms with E-state index in [0.717, 1.165) is 43.6 Å². The summed E-state index contributed by atoms with van der Waals surface area (Å²) in [7, 11) is 1.98. The number of carbonyl (C=O) groups is 1. The van der Waals surface area contributed by atoms with Gasteiger partial charge in [-0.2, -0.15) is 0 Å². The average molecular weight is 392 g/mol. The molecule has 2 aromatic carbocycles. The van der Waals surface area contributed by atoms with E-state index in [4.69, 9.17) is 9.15 Å². The first-order valence-corrected chi connectivity index (χ1v) is 10.4. The highest BCUT2D eigenvalue weighted by Gasteiger charge is 2.25. The summed E-state index contributed by atoms with van der Waals surface area (Å²) in [5.41, 5.74) is 0. The zero-order valence-electron chi connectivity index (χ0n) is 16.9. The molecule has 0 atom stereocenters. The molecule has 29 heavy (non-hydrogen) atoms. The van der Waals surface area contributed by atoms with E-state index in [1.165, 1.54) is 11.8 Å². The van der Waals surface area contributed by atoms with Crippen LogP contribution in [0.1, 0.15) is 35.6 Å². The van der Waals surface area contributed by atoms with Crippen molar-refractivity contribution in [2.75, 3.05) is 26.7 Å². The largest absolute Gasteiger partial charge is 0.486 e. The van der Waals surface area contributed by atoms with Crippen molar-refractivity contribution in [1.29, 1.82) is 0 Å². The molecule has 1 fully saturated rings. The number of carbonyl (C=O) groups excluding carboxylic acids is 1. The van der Waals surface area contributed by atoms with Crippen LogP contribution in [0.25, 0.3) is 10.8 Å². The molecule has 1 aliphatic heterocycles. The number of piperidine rings is 1. The van der Waals surface area contributed by atoms with Gasteiger partial charge in [0.25, 0.3) is 5.91 Å². The second-order valence-electron chi connectivity index (χ2n) is 7.69. The standard InChI is InChI=1S/C24H28N2O3/c1-25-13-10-18-11-14-26(15-12-18)24(27)23-9-8-22(29-23)17-28-21-7-6-19-4-2-3-5-20(19)16-21/h2-9,16,18,25H,10-15,17H2,1H3. The zero-order valence-corrected chi connectivity index (χ0v) is 16.9.